The number of hydrogen-bond acceptors (Lipinski definition) is 3. The second kappa shape index (κ2) is 9.38. The maximum absolute atomic E-state index is 13.8. The topological polar surface area (TPSA) is 69.6 Å². The summed E-state index contributed by atoms with van der Waals surface area (Å²) in [6, 6.07) is 4.01. The van der Waals surface area contributed by atoms with Crippen molar-refractivity contribution in [2.24, 2.45) is 0 Å². The number of hydrogen-bond donors (Lipinski definition) is 3. The molecule has 2 rings (SSSR count). The number of carboxylic acids is 1. The van der Waals surface area contributed by atoms with Crippen LogP contribution in [0.15, 0.2) is 18.2 Å². The van der Waals surface area contributed by atoms with E-state index in [9.17, 15) is 18.7 Å². The number of benzene rings is 2. The van der Waals surface area contributed by atoms with Crippen LogP contribution in [0.4, 0.5) is 14.5 Å². The second-order valence-electron chi connectivity index (χ2n) is 4.74. The lowest BCUT2D eigenvalue weighted by Gasteiger charge is -2.16. The fourth-order valence-electron chi connectivity index (χ4n) is 1.99. The maximum Gasteiger partial charge on any atom is 0.339 e. The average Bonchev–Trinajstić information content (AvgIpc) is 2.61. The highest BCUT2D eigenvalue weighted by molar-refractivity contribution is 7.36. The molecule has 0 aliphatic rings. The summed E-state index contributed by atoms with van der Waals surface area (Å²) in [6.07, 6.45) is 0. The fourth-order valence-corrected chi connectivity index (χ4v) is 3.23. The van der Waals surface area contributed by atoms with Crippen LogP contribution in [0.2, 0.25) is 0 Å². The van der Waals surface area contributed by atoms with E-state index in [1.165, 1.54) is 18.2 Å². The molecular formula is C16H20F2NO3P3. The smallest absolute Gasteiger partial charge is 0.339 e. The van der Waals surface area contributed by atoms with Crippen molar-refractivity contribution < 1.29 is 23.8 Å². The highest BCUT2D eigenvalue weighted by Crippen LogP contribution is 2.22. The SMILES string of the molecule is CC.O=C(O)c1cc(NCc2c(P)c(F)c(F)c(P)c2P)ccc1O. The van der Waals surface area contributed by atoms with Gasteiger partial charge in [0.25, 0.3) is 0 Å². The van der Waals surface area contributed by atoms with Gasteiger partial charge in [-0.1, -0.05) is 13.8 Å². The number of phenols is 1. The summed E-state index contributed by atoms with van der Waals surface area (Å²) < 4.78 is 27.5. The van der Waals surface area contributed by atoms with Gasteiger partial charge in [0.2, 0.25) is 0 Å². The average molecular weight is 405 g/mol. The first kappa shape index (κ1) is 21.7. The van der Waals surface area contributed by atoms with Crippen molar-refractivity contribution in [3.05, 3.63) is 41.0 Å². The Labute approximate surface area is 152 Å². The first-order valence-corrected chi connectivity index (χ1v) is 9.07. The summed E-state index contributed by atoms with van der Waals surface area (Å²) in [6.45, 7) is 4.15. The predicted octanol–water partition coefficient (Wildman–Crippen LogP) is 2.51. The van der Waals surface area contributed by atoms with Crippen LogP contribution in [0.1, 0.15) is 29.8 Å². The van der Waals surface area contributed by atoms with E-state index in [1.54, 1.807) is 0 Å². The zero-order valence-electron chi connectivity index (χ0n) is 13.7. The summed E-state index contributed by atoms with van der Waals surface area (Å²) in [5.74, 6) is -3.47. The molecule has 0 amide bonds. The molecular weight excluding hydrogens is 385 g/mol. The molecule has 0 bridgehead atoms. The van der Waals surface area contributed by atoms with Crippen LogP contribution < -0.4 is 21.2 Å². The lowest BCUT2D eigenvalue weighted by atomic mass is 10.1. The van der Waals surface area contributed by atoms with E-state index in [0.717, 1.165) is 0 Å². The van der Waals surface area contributed by atoms with Gasteiger partial charge in [0.05, 0.1) is 0 Å². The molecule has 3 unspecified atom stereocenters. The van der Waals surface area contributed by atoms with Crippen molar-refractivity contribution in [3.63, 3.8) is 0 Å². The van der Waals surface area contributed by atoms with Gasteiger partial charge in [0.15, 0.2) is 11.6 Å². The van der Waals surface area contributed by atoms with Gasteiger partial charge in [-0.2, -0.15) is 0 Å². The van der Waals surface area contributed by atoms with Gasteiger partial charge in [-0.05, 0) is 29.1 Å². The number of carbonyl (C=O) groups is 1. The van der Waals surface area contributed by atoms with E-state index in [0.29, 0.717) is 16.6 Å². The van der Waals surface area contributed by atoms with E-state index in [1.807, 2.05) is 13.8 Å². The number of halogens is 2. The van der Waals surface area contributed by atoms with Gasteiger partial charge >= 0.3 is 5.97 Å². The molecule has 0 aromatic heterocycles. The number of aromatic carboxylic acids is 1. The van der Waals surface area contributed by atoms with Crippen molar-refractivity contribution >= 4 is 55.3 Å². The van der Waals surface area contributed by atoms with Crippen LogP contribution >= 0.6 is 27.7 Å². The molecule has 9 heteroatoms. The van der Waals surface area contributed by atoms with Gasteiger partial charge in [-0.15, -0.1) is 27.7 Å². The lowest BCUT2D eigenvalue weighted by molar-refractivity contribution is 0.0694. The summed E-state index contributed by atoms with van der Waals surface area (Å²) >= 11 is 0. The Kier molecular flexibility index (Phi) is 8.15. The van der Waals surface area contributed by atoms with Crippen LogP contribution in [0.3, 0.4) is 0 Å². The lowest BCUT2D eigenvalue weighted by Crippen LogP contribution is -2.31. The van der Waals surface area contributed by atoms with Crippen molar-refractivity contribution in [2.75, 3.05) is 5.32 Å². The number of nitrogens with one attached hydrogen (secondary N) is 1. The zero-order valence-corrected chi connectivity index (χ0v) is 17.2. The largest absolute Gasteiger partial charge is 0.507 e. The predicted molar refractivity (Wildman–Crippen MR) is 108 cm³/mol. The number of anilines is 1. The third-order valence-corrected chi connectivity index (χ3v) is 5.46. The van der Waals surface area contributed by atoms with Crippen molar-refractivity contribution in [2.45, 2.75) is 20.4 Å². The Bertz CT molecular complexity index is 772. The molecule has 2 aromatic rings. The molecule has 25 heavy (non-hydrogen) atoms. The van der Waals surface area contributed by atoms with Gasteiger partial charge in [-0.3, -0.25) is 0 Å². The van der Waals surface area contributed by atoms with Crippen LogP contribution in [0.5, 0.6) is 5.75 Å². The standard InChI is InChI=1S/C14H14F2NO3P3.C2H6/c15-9-10(16)13(23)12(22)7(11(9)21)4-17-5-1-2-8(18)6(3-5)14(19)20;1-2/h1-3,17-18H,4,21-23H2,(H,19,20);1-2H3. The molecule has 0 saturated carbocycles. The Hall–Kier alpha value is -1.34. The molecule has 0 aliphatic heterocycles. The minimum atomic E-state index is -1.26. The summed E-state index contributed by atoms with van der Waals surface area (Å²) in [5.41, 5.74) is 0.710. The third-order valence-electron chi connectivity index (χ3n) is 3.30. The molecule has 0 radical (unpaired) electrons. The Morgan fingerprint density at radius 3 is 2.20 bits per heavy atom. The van der Waals surface area contributed by atoms with Crippen LogP contribution in [0, 0.1) is 11.6 Å². The summed E-state index contributed by atoms with van der Waals surface area (Å²) in [7, 11) is 6.69. The van der Waals surface area contributed by atoms with E-state index >= 15 is 0 Å². The number of rotatable bonds is 4. The molecule has 3 N–H and O–H groups in total. The molecule has 136 valence electrons. The normalized spacial score (nSPS) is 10.0. The van der Waals surface area contributed by atoms with Crippen molar-refractivity contribution in [1.29, 1.82) is 0 Å². The van der Waals surface area contributed by atoms with Gasteiger partial charge in [0, 0.05) is 22.8 Å². The molecule has 3 atom stereocenters. The fraction of sp³-hybridized carbons (Fsp3) is 0.188. The molecule has 0 aliphatic carbocycles. The zero-order chi connectivity index (χ0) is 19.3. The molecule has 4 nitrogen and oxygen atoms in total. The molecule has 0 spiro atoms. The van der Waals surface area contributed by atoms with Gasteiger partial charge in [0.1, 0.15) is 11.3 Å². The molecule has 0 fully saturated rings. The van der Waals surface area contributed by atoms with E-state index in [2.05, 4.69) is 33.0 Å². The first-order valence-electron chi connectivity index (χ1n) is 7.34. The molecule has 2 aromatic carbocycles. The monoisotopic (exact) mass is 405 g/mol. The maximum atomic E-state index is 13.8. The number of carboxylic acid groups (broad SMARTS) is 1. The van der Waals surface area contributed by atoms with Crippen LogP contribution in [-0.4, -0.2) is 16.2 Å². The van der Waals surface area contributed by atoms with Gasteiger partial charge < -0.3 is 15.5 Å². The molecule has 0 heterocycles. The second-order valence-corrected chi connectivity index (χ2v) is 6.47. The molecule has 0 saturated heterocycles. The van der Waals surface area contributed by atoms with Crippen LogP contribution in [0.25, 0.3) is 0 Å². The van der Waals surface area contributed by atoms with E-state index in [4.69, 9.17) is 5.11 Å². The summed E-state index contributed by atoms with van der Waals surface area (Å²) in [5, 5.41) is 22.1. The minimum Gasteiger partial charge on any atom is -0.507 e. The van der Waals surface area contributed by atoms with Gasteiger partial charge in [-0.25, -0.2) is 13.6 Å². The third kappa shape index (κ3) is 4.85. The summed E-state index contributed by atoms with van der Waals surface area (Å²) in [4.78, 5) is 11.0. The van der Waals surface area contributed by atoms with Crippen molar-refractivity contribution in [1.82, 2.24) is 0 Å². The van der Waals surface area contributed by atoms with Crippen molar-refractivity contribution in [3.8, 4) is 5.75 Å². The van der Waals surface area contributed by atoms with E-state index in [-0.39, 0.29) is 28.5 Å². The Morgan fingerprint density at radius 1 is 1.08 bits per heavy atom. The quantitative estimate of drug-likeness (QED) is 0.540. The highest BCUT2D eigenvalue weighted by atomic mass is 31.0. The number of aromatic hydroxyl groups is 1. The Morgan fingerprint density at radius 2 is 1.64 bits per heavy atom. The van der Waals surface area contributed by atoms with Crippen LogP contribution in [-0.2, 0) is 6.54 Å². The highest BCUT2D eigenvalue weighted by Gasteiger charge is 2.18. The van der Waals surface area contributed by atoms with E-state index < -0.39 is 17.6 Å². The Balaban J connectivity index is 0.00000151. The minimum absolute atomic E-state index is 0.100. The first-order chi connectivity index (χ1) is 11.7.